The van der Waals surface area contributed by atoms with Crippen LogP contribution in [0.5, 0.6) is 0 Å². The molecule has 1 aromatic heterocycles. The van der Waals surface area contributed by atoms with Crippen LogP contribution in [0.25, 0.3) is 6.08 Å². The highest BCUT2D eigenvalue weighted by Crippen LogP contribution is 2.46. The first kappa shape index (κ1) is 20.0. The summed E-state index contributed by atoms with van der Waals surface area (Å²) in [6, 6.07) is 15.5. The lowest BCUT2D eigenvalue weighted by molar-refractivity contribution is -0.138. The maximum atomic E-state index is 13.5. The molecule has 1 saturated heterocycles. The number of fused-ring (bicyclic) bond motifs is 1. The topological polar surface area (TPSA) is 82.9 Å². The summed E-state index contributed by atoms with van der Waals surface area (Å²) in [5.41, 5.74) is 1.65. The summed E-state index contributed by atoms with van der Waals surface area (Å²) in [5, 5.41) is 12.8. The van der Waals surface area contributed by atoms with Gasteiger partial charge in [0.15, 0.2) is 5.78 Å². The summed E-state index contributed by atoms with van der Waals surface area (Å²) in [5.74, 6) is -1.08. The molecule has 2 heterocycles. The van der Waals surface area contributed by atoms with E-state index >= 15 is 0 Å². The van der Waals surface area contributed by atoms with Crippen molar-refractivity contribution in [3.05, 3.63) is 71.6 Å². The van der Waals surface area contributed by atoms with E-state index in [1.807, 2.05) is 36.4 Å². The normalized spacial score (nSPS) is 28.7. The molecule has 2 aliphatic rings. The zero-order chi connectivity index (χ0) is 21.1. The predicted octanol–water partition coefficient (Wildman–Crippen LogP) is 3.89. The molecule has 1 aromatic carbocycles. The van der Waals surface area contributed by atoms with Gasteiger partial charge in [-0.15, -0.1) is 0 Å². The number of rotatable bonds is 4. The molecule has 30 heavy (non-hydrogen) atoms. The highest BCUT2D eigenvalue weighted by Gasteiger charge is 2.49. The van der Waals surface area contributed by atoms with Gasteiger partial charge in [0.25, 0.3) is 0 Å². The number of amides is 1. The maximum absolute atomic E-state index is 13.5. The third kappa shape index (κ3) is 3.91. The molecule has 1 aliphatic heterocycles. The van der Waals surface area contributed by atoms with Crippen LogP contribution in [0.2, 0.25) is 0 Å². The number of piperidine rings is 1. The van der Waals surface area contributed by atoms with Crippen LogP contribution >= 0.6 is 0 Å². The molecule has 5 atom stereocenters. The molecule has 2 fully saturated rings. The molecule has 152 valence electrons. The Hall–Kier alpha value is -3.26. The van der Waals surface area contributed by atoms with Crippen LogP contribution in [-0.4, -0.2) is 22.7 Å². The van der Waals surface area contributed by atoms with Crippen LogP contribution in [0.1, 0.15) is 43.2 Å². The zero-order valence-electron chi connectivity index (χ0n) is 17.0. The number of carbonyl (C=O) groups excluding carboxylic acids is 2. The molecule has 0 bridgehead atoms. The number of hydrogen-bond donors (Lipinski definition) is 1. The van der Waals surface area contributed by atoms with E-state index in [0.29, 0.717) is 11.5 Å². The first-order valence-corrected chi connectivity index (χ1v) is 10.5. The van der Waals surface area contributed by atoms with E-state index in [2.05, 4.69) is 17.2 Å². The number of nitriles is 1. The number of nitrogens with one attached hydrogen (secondary N) is 1. The summed E-state index contributed by atoms with van der Waals surface area (Å²) >= 11 is 0. The van der Waals surface area contributed by atoms with Crippen molar-refractivity contribution < 1.29 is 9.59 Å². The quantitative estimate of drug-likeness (QED) is 0.480. The fourth-order valence-electron chi connectivity index (χ4n) is 5.03. The van der Waals surface area contributed by atoms with E-state index < -0.39 is 11.7 Å². The lowest BCUT2D eigenvalue weighted by Gasteiger charge is -2.46. The Bertz CT molecular complexity index is 994. The van der Waals surface area contributed by atoms with Crippen molar-refractivity contribution in [3.63, 3.8) is 0 Å². The smallest absolute Gasteiger partial charge is 0.231 e. The molecule has 5 unspecified atom stereocenters. The summed E-state index contributed by atoms with van der Waals surface area (Å²) < 4.78 is 0. The number of nitrogens with zero attached hydrogens (tertiary/aromatic N) is 2. The maximum Gasteiger partial charge on any atom is 0.231 e. The number of carbonyl (C=O) groups is 2. The van der Waals surface area contributed by atoms with Gasteiger partial charge < -0.3 is 5.32 Å². The molecule has 4 rings (SSSR count). The number of aromatic nitrogens is 1. The fourth-order valence-corrected chi connectivity index (χ4v) is 5.03. The van der Waals surface area contributed by atoms with Gasteiger partial charge >= 0.3 is 0 Å². The van der Waals surface area contributed by atoms with Gasteiger partial charge in [-0.25, -0.2) is 0 Å². The highest BCUT2D eigenvalue weighted by molar-refractivity contribution is 6.15. The van der Waals surface area contributed by atoms with E-state index in [-0.39, 0.29) is 29.4 Å². The molecule has 5 heteroatoms. The molecule has 1 amide bonds. The van der Waals surface area contributed by atoms with Crippen LogP contribution in [0.15, 0.2) is 60.4 Å². The largest absolute Gasteiger partial charge is 0.352 e. The minimum atomic E-state index is -0.901. The van der Waals surface area contributed by atoms with E-state index in [1.165, 1.54) is 6.08 Å². The summed E-state index contributed by atoms with van der Waals surface area (Å²) in [6.07, 6.45) is 7.72. The van der Waals surface area contributed by atoms with E-state index in [1.54, 1.807) is 24.5 Å². The van der Waals surface area contributed by atoms with Gasteiger partial charge in [0.2, 0.25) is 5.91 Å². The molecule has 0 spiro atoms. The van der Waals surface area contributed by atoms with Crippen molar-refractivity contribution >= 4 is 17.8 Å². The standard InChI is InChI=1S/C25H25N3O2/c1-16-9-10-21-20(12-16)22(18-7-3-2-4-8-18)23(25(30)28-21)24(29)19(14-26)13-17-6-5-11-27-15-17/h2-8,11,13,15-16,20-23H,9-10,12H2,1H3,(H,28,30)/b19-13+. The molecular formula is C25H25N3O2. The van der Waals surface area contributed by atoms with Crippen LogP contribution in [0, 0.1) is 29.1 Å². The lowest BCUT2D eigenvalue weighted by Crippen LogP contribution is -2.57. The van der Waals surface area contributed by atoms with Crippen molar-refractivity contribution in [2.45, 2.75) is 38.1 Å². The average Bonchev–Trinajstić information content (AvgIpc) is 2.77. The van der Waals surface area contributed by atoms with Gasteiger partial charge in [-0.2, -0.15) is 5.26 Å². The molecule has 0 radical (unpaired) electrons. The Labute approximate surface area is 176 Å². The number of Topliss-reactive ketones (excluding diaryl/α,β-unsaturated/α-hetero) is 1. The number of hydrogen-bond acceptors (Lipinski definition) is 4. The Morgan fingerprint density at radius 2 is 2.00 bits per heavy atom. The van der Waals surface area contributed by atoms with Crippen molar-refractivity contribution in [1.82, 2.24) is 10.3 Å². The number of benzene rings is 1. The fraction of sp³-hybridized carbons (Fsp3) is 0.360. The van der Waals surface area contributed by atoms with Gasteiger partial charge in [-0.05, 0) is 54.4 Å². The minimum Gasteiger partial charge on any atom is -0.352 e. The van der Waals surface area contributed by atoms with Crippen LogP contribution < -0.4 is 5.32 Å². The summed E-state index contributed by atoms with van der Waals surface area (Å²) in [7, 11) is 0. The van der Waals surface area contributed by atoms with Gasteiger partial charge in [0.1, 0.15) is 12.0 Å². The van der Waals surface area contributed by atoms with Crippen LogP contribution in [0.3, 0.4) is 0 Å². The molecule has 1 aliphatic carbocycles. The van der Waals surface area contributed by atoms with Crippen molar-refractivity contribution in [2.24, 2.45) is 17.8 Å². The second-order valence-corrected chi connectivity index (χ2v) is 8.43. The average molecular weight is 399 g/mol. The van der Waals surface area contributed by atoms with E-state index in [4.69, 9.17) is 0 Å². The number of pyridine rings is 1. The highest BCUT2D eigenvalue weighted by atomic mass is 16.2. The third-order valence-electron chi connectivity index (χ3n) is 6.44. The molecule has 1 N–H and O–H groups in total. The van der Waals surface area contributed by atoms with Gasteiger partial charge in [-0.3, -0.25) is 14.6 Å². The van der Waals surface area contributed by atoms with E-state index in [0.717, 1.165) is 24.8 Å². The minimum absolute atomic E-state index is 0.00797. The monoisotopic (exact) mass is 399 g/mol. The summed E-state index contributed by atoms with van der Waals surface area (Å²) in [6.45, 7) is 2.23. The first-order valence-electron chi connectivity index (χ1n) is 10.5. The Morgan fingerprint density at radius 1 is 1.20 bits per heavy atom. The second kappa shape index (κ2) is 8.62. The number of ketones is 1. The molecule has 5 nitrogen and oxygen atoms in total. The predicted molar refractivity (Wildman–Crippen MR) is 114 cm³/mol. The second-order valence-electron chi connectivity index (χ2n) is 8.43. The molecule has 2 aromatic rings. The lowest BCUT2D eigenvalue weighted by atomic mass is 9.62. The van der Waals surface area contributed by atoms with Crippen molar-refractivity contribution in [1.29, 1.82) is 5.26 Å². The first-order chi connectivity index (χ1) is 14.6. The van der Waals surface area contributed by atoms with Crippen molar-refractivity contribution in [2.75, 3.05) is 0 Å². The molecular weight excluding hydrogens is 374 g/mol. The van der Waals surface area contributed by atoms with Gasteiger partial charge in [0, 0.05) is 24.4 Å². The SMILES string of the molecule is CC1CCC2NC(=O)C(C(=O)/C(C#N)=C/c3cccnc3)C(c3ccccc3)C2C1. The van der Waals surface area contributed by atoms with Gasteiger partial charge in [-0.1, -0.05) is 43.3 Å². The Kier molecular flexibility index (Phi) is 5.76. The third-order valence-corrected chi connectivity index (χ3v) is 6.44. The van der Waals surface area contributed by atoms with Gasteiger partial charge in [0.05, 0.1) is 5.57 Å². The van der Waals surface area contributed by atoms with Crippen LogP contribution in [0.4, 0.5) is 0 Å². The zero-order valence-corrected chi connectivity index (χ0v) is 17.0. The number of allylic oxidation sites excluding steroid dienone is 1. The Balaban J connectivity index is 1.75. The van der Waals surface area contributed by atoms with E-state index in [9.17, 15) is 14.9 Å². The molecule has 1 saturated carbocycles. The van der Waals surface area contributed by atoms with Crippen LogP contribution in [-0.2, 0) is 9.59 Å². The summed E-state index contributed by atoms with van der Waals surface area (Å²) in [4.78, 5) is 30.7. The van der Waals surface area contributed by atoms with Crippen molar-refractivity contribution in [3.8, 4) is 6.07 Å². The Morgan fingerprint density at radius 3 is 2.70 bits per heavy atom.